The van der Waals surface area contributed by atoms with Gasteiger partial charge in [0.1, 0.15) is 0 Å². The number of morpholine rings is 1. The van der Waals surface area contributed by atoms with Crippen LogP contribution in [0.1, 0.15) is 15.9 Å². The summed E-state index contributed by atoms with van der Waals surface area (Å²) in [5.74, 6) is -0.122. The highest BCUT2D eigenvalue weighted by Gasteiger charge is 2.19. The van der Waals surface area contributed by atoms with Crippen LogP contribution in [0.5, 0.6) is 0 Å². The van der Waals surface area contributed by atoms with E-state index in [-0.39, 0.29) is 5.91 Å². The molecule has 0 spiro atoms. The first-order valence-corrected chi connectivity index (χ1v) is 8.88. The van der Waals surface area contributed by atoms with E-state index >= 15 is 0 Å². The first kappa shape index (κ1) is 16.4. The highest BCUT2D eigenvalue weighted by Crippen LogP contribution is 2.34. The number of ether oxygens (including phenoxy) is 1. The maximum absolute atomic E-state index is 12.5. The Morgan fingerprint density at radius 2 is 1.84 bits per heavy atom. The van der Waals surface area contributed by atoms with Gasteiger partial charge in [-0.1, -0.05) is 17.7 Å². The van der Waals surface area contributed by atoms with Crippen molar-refractivity contribution in [3.63, 3.8) is 0 Å². The van der Waals surface area contributed by atoms with Crippen LogP contribution in [0.2, 0.25) is 5.02 Å². The van der Waals surface area contributed by atoms with Gasteiger partial charge in [-0.25, -0.2) is 0 Å². The Labute approximate surface area is 151 Å². The van der Waals surface area contributed by atoms with E-state index in [1.54, 1.807) is 18.2 Å². The second kappa shape index (κ2) is 7.04. The van der Waals surface area contributed by atoms with Gasteiger partial charge >= 0.3 is 0 Å². The molecule has 0 saturated carbocycles. The summed E-state index contributed by atoms with van der Waals surface area (Å²) < 4.78 is 5.38. The average molecular weight is 358 g/mol. The van der Waals surface area contributed by atoms with Crippen LogP contribution in [0.4, 0.5) is 17.1 Å². The third-order valence-corrected chi connectivity index (χ3v) is 4.88. The third kappa shape index (κ3) is 3.63. The lowest BCUT2D eigenvalue weighted by Gasteiger charge is -2.26. The second-order valence-electron chi connectivity index (χ2n) is 6.35. The van der Waals surface area contributed by atoms with E-state index < -0.39 is 0 Å². The SMILES string of the molecule is O=C1Nc2cc(CCN3CCOCC3)ccc2Nc2cc(Cl)ccc21. The molecule has 1 fully saturated rings. The van der Waals surface area contributed by atoms with Crippen LogP contribution < -0.4 is 10.6 Å². The molecule has 0 aromatic heterocycles. The Morgan fingerprint density at radius 1 is 1.00 bits per heavy atom. The van der Waals surface area contributed by atoms with Crippen molar-refractivity contribution < 1.29 is 9.53 Å². The fourth-order valence-corrected chi connectivity index (χ4v) is 3.40. The summed E-state index contributed by atoms with van der Waals surface area (Å²) in [6.45, 7) is 4.59. The van der Waals surface area contributed by atoms with Gasteiger partial charge in [-0.15, -0.1) is 0 Å². The van der Waals surface area contributed by atoms with Gasteiger partial charge in [0, 0.05) is 24.7 Å². The molecule has 0 bridgehead atoms. The number of amides is 1. The van der Waals surface area contributed by atoms with Crippen LogP contribution in [-0.4, -0.2) is 43.7 Å². The normalized spacial score (nSPS) is 17.1. The van der Waals surface area contributed by atoms with E-state index in [9.17, 15) is 4.79 Å². The molecule has 4 rings (SSSR count). The van der Waals surface area contributed by atoms with Gasteiger partial charge in [-0.05, 0) is 42.3 Å². The van der Waals surface area contributed by atoms with Crippen molar-refractivity contribution in [3.05, 3.63) is 52.5 Å². The Bertz CT molecular complexity index is 803. The molecule has 6 heteroatoms. The van der Waals surface area contributed by atoms with Gasteiger partial charge < -0.3 is 15.4 Å². The molecule has 1 saturated heterocycles. The van der Waals surface area contributed by atoms with Gasteiger partial charge in [0.2, 0.25) is 0 Å². The Kier molecular flexibility index (Phi) is 4.61. The van der Waals surface area contributed by atoms with E-state index in [0.29, 0.717) is 10.6 Å². The summed E-state index contributed by atoms with van der Waals surface area (Å²) in [7, 11) is 0. The van der Waals surface area contributed by atoms with Gasteiger partial charge in [-0.3, -0.25) is 9.69 Å². The highest BCUT2D eigenvalue weighted by molar-refractivity contribution is 6.31. The number of hydrogen-bond acceptors (Lipinski definition) is 4. The van der Waals surface area contributed by atoms with E-state index in [1.807, 2.05) is 12.1 Å². The predicted octanol–water partition coefficient (Wildman–Crippen LogP) is 3.52. The van der Waals surface area contributed by atoms with Crippen molar-refractivity contribution in [3.8, 4) is 0 Å². The van der Waals surface area contributed by atoms with Crippen molar-refractivity contribution in [2.45, 2.75) is 6.42 Å². The molecule has 2 aliphatic heterocycles. The maximum atomic E-state index is 12.5. The summed E-state index contributed by atoms with van der Waals surface area (Å²) in [5.41, 5.74) is 4.21. The lowest BCUT2D eigenvalue weighted by atomic mass is 10.1. The van der Waals surface area contributed by atoms with Crippen molar-refractivity contribution in [2.24, 2.45) is 0 Å². The van der Waals surface area contributed by atoms with Crippen LogP contribution >= 0.6 is 11.6 Å². The summed E-state index contributed by atoms with van der Waals surface area (Å²) in [4.78, 5) is 14.9. The maximum Gasteiger partial charge on any atom is 0.257 e. The first-order chi connectivity index (χ1) is 12.2. The molecular weight excluding hydrogens is 338 g/mol. The average Bonchev–Trinajstić information content (AvgIpc) is 2.75. The number of nitrogens with zero attached hydrogens (tertiary/aromatic N) is 1. The number of hydrogen-bond donors (Lipinski definition) is 2. The minimum Gasteiger partial charge on any atom is -0.379 e. The molecule has 2 aliphatic rings. The second-order valence-corrected chi connectivity index (χ2v) is 6.79. The Balaban J connectivity index is 1.53. The van der Waals surface area contributed by atoms with Gasteiger partial charge in [0.05, 0.1) is 35.8 Å². The number of halogens is 1. The molecular formula is C19H20ClN3O2. The molecule has 25 heavy (non-hydrogen) atoms. The van der Waals surface area contributed by atoms with Crippen LogP contribution in [-0.2, 0) is 11.2 Å². The molecule has 2 N–H and O–H groups in total. The topological polar surface area (TPSA) is 53.6 Å². The quantitative estimate of drug-likeness (QED) is 0.882. The van der Waals surface area contributed by atoms with Crippen molar-refractivity contribution >= 4 is 34.6 Å². The number of rotatable bonds is 3. The fraction of sp³-hybridized carbons (Fsp3) is 0.316. The third-order valence-electron chi connectivity index (χ3n) is 4.65. The number of anilines is 3. The van der Waals surface area contributed by atoms with Gasteiger partial charge in [0.25, 0.3) is 5.91 Å². The van der Waals surface area contributed by atoms with Crippen LogP contribution in [0, 0.1) is 0 Å². The molecule has 5 nitrogen and oxygen atoms in total. The minimum absolute atomic E-state index is 0.122. The molecule has 0 radical (unpaired) electrons. The van der Waals surface area contributed by atoms with E-state index in [4.69, 9.17) is 16.3 Å². The van der Waals surface area contributed by atoms with Crippen LogP contribution in [0.3, 0.4) is 0 Å². The molecule has 0 aliphatic carbocycles. The zero-order valence-corrected chi connectivity index (χ0v) is 14.6. The molecule has 2 aromatic carbocycles. The molecule has 1 amide bonds. The van der Waals surface area contributed by atoms with E-state index in [1.165, 1.54) is 5.56 Å². The Hall–Kier alpha value is -2.08. The summed E-state index contributed by atoms with van der Waals surface area (Å²) in [5, 5.41) is 6.91. The number of fused-ring (bicyclic) bond motifs is 2. The highest BCUT2D eigenvalue weighted by atomic mass is 35.5. The lowest BCUT2D eigenvalue weighted by molar-refractivity contribution is 0.0384. The Morgan fingerprint density at radius 3 is 2.68 bits per heavy atom. The number of carbonyl (C=O) groups is 1. The minimum atomic E-state index is -0.122. The van der Waals surface area contributed by atoms with Crippen molar-refractivity contribution in [2.75, 3.05) is 43.5 Å². The number of benzene rings is 2. The molecule has 0 unspecified atom stereocenters. The van der Waals surface area contributed by atoms with E-state index in [2.05, 4.69) is 21.6 Å². The van der Waals surface area contributed by atoms with Crippen molar-refractivity contribution in [1.82, 2.24) is 4.90 Å². The van der Waals surface area contributed by atoms with Gasteiger partial charge in [0.15, 0.2) is 0 Å². The fourth-order valence-electron chi connectivity index (χ4n) is 3.22. The van der Waals surface area contributed by atoms with Crippen LogP contribution in [0.15, 0.2) is 36.4 Å². The zero-order valence-electron chi connectivity index (χ0n) is 13.8. The van der Waals surface area contributed by atoms with E-state index in [0.717, 1.165) is 56.3 Å². The summed E-state index contributed by atoms with van der Waals surface area (Å²) >= 11 is 6.06. The largest absolute Gasteiger partial charge is 0.379 e. The standard InChI is InChI=1S/C19H20ClN3O2/c20-14-2-3-15-17(12-14)21-16-4-1-13(11-18(16)22-19(15)24)5-6-23-7-9-25-10-8-23/h1-4,11-12,21H,5-10H2,(H,22,24). The number of nitrogens with one attached hydrogen (secondary N) is 2. The molecule has 2 heterocycles. The first-order valence-electron chi connectivity index (χ1n) is 8.50. The monoisotopic (exact) mass is 357 g/mol. The molecule has 130 valence electrons. The summed E-state index contributed by atoms with van der Waals surface area (Å²) in [6, 6.07) is 11.4. The van der Waals surface area contributed by atoms with Crippen molar-refractivity contribution in [1.29, 1.82) is 0 Å². The molecule has 2 aromatic rings. The molecule has 0 atom stereocenters. The predicted molar refractivity (Wildman–Crippen MR) is 100 cm³/mol. The number of carbonyl (C=O) groups excluding carboxylic acids is 1. The van der Waals surface area contributed by atoms with Gasteiger partial charge in [-0.2, -0.15) is 0 Å². The lowest BCUT2D eigenvalue weighted by Crippen LogP contribution is -2.37. The zero-order chi connectivity index (χ0) is 17.2. The smallest absolute Gasteiger partial charge is 0.257 e. The summed E-state index contributed by atoms with van der Waals surface area (Å²) in [6.07, 6.45) is 0.946. The van der Waals surface area contributed by atoms with Crippen LogP contribution in [0.25, 0.3) is 0 Å².